The highest BCUT2D eigenvalue weighted by Crippen LogP contribution is 2.30. The predicted octanol–water partition coefficient (Wildman–Crippen LogP) is 3.46. The highest BCUT2D eigenvalue weighted by molar-refractivity contribution is 5.94. The minimum Gasteiger partial charge on any atom is -0.376 e. The molecule has 0 bridgehead atoms. The van der Waals surface area contributed by atoms with Crippen LogP contribution < -0.4 is 0 Å². The molecule has 4 nitrogen and oxygen atoms in total. The van der Waals surface area contributed by atoms with Gasteiger partial charge in [0.2, 0.25) is 0 Å². The standard InChI is InChI=1S/C19H21FN2O2/c20-16-5-3-14(4-6-16)15-9-18(21-10-15)19(23)22-8-7-17(11-22)24-12-13-1-2-13/h3-6,9-10,13,17,21H,1-2,7-8,11-12H2. The van der Waals surface area contributed by atoms with E-state index in [0.29, 0.717) is 12.2 Å². The van der Waals surface area contributed by atoms with Gasteiger partial charge in [-0.05, 0) is 54.5 Å². The third-order valence-corrected chi connectivity index (χ3v) is 4.79. The van der Waals surface area contributed by atoms with E-state index in [0.717, 1.165) is 36.6 Å². The van der Waals surface area contributed by atoms with Crippen LogP contribution in [0.2, 0.25) is 0 Å². The third kappa shape index (κ3) is 3.36. The molecular formula is C19H21FN2O2. The zero-order valence-electron chi connectivity index (χ0n) is 13.5. The Balaban J connectivity index is 1.38. The monoisotopic (exact) mass is 328 g/mol. The number of carbonyl (C=O) groups is 1. The first-order chi connectivity index (χ1) is 11.7. The van der Waals surface area contributed by atoms with Crippen LogP contribution >= 0.6 is 0 Å². The number of hydrogen-bond acceptors (Lipinski definition) is 2. The molecule has 24 heavy (non-hydrogen) atoms. The van der Waals surface area contributed by atoms with Gasteiger partial charge in [0.05, 0.1) is 6.10 Å². The van der Waals surface area contributed by atoms with Crippen LogP contribution in [0.1, 0.15) is 29.8 Å². The number of benzene rings is 1. The van der Waals surface area contributed by atoms with E-state index in [-0.39, 0.29) is 17.8 Å². The molecule has 1 aliphatic carbocycles. The number of ether oxygens (including phenoxy) is 1. The first-order valence-electron chi connectivity index (χ1n) is 8.54. The van der Waals surface area contributed by atoms with E-state index in [1.54, 1.807) is 18.3 Å². The van der Waals surface area contributed by atoms with Crippen molar-refractivity contribution in [1.29, 1.82) is 0 Å². The van der Waals surface area contributed by atoms with Crippen molar-refractivity contribution in [3.8, 4) is 11.1 Å². The second kappa shape index (κ2) is 6.40. The maximum absolute atomic E-state index is 13.0. The van der Waals surface area contributed by atoms with Crippen molar-refractivity contribution in [3.63, 3.8) is 0 Å². The summed E-state index contributed by atoms with van der Waals surface area (Å²) in [5.41, 5.74) is 2.34. The average molecular weight is 328 g/mol. The fraction of sp³-hybridized carbons (Fsp3) is 0.421. The summed E-state index contributed by atoms with van der Waals surface area (Å²) < 4.78 is 18.9. The van der Waals surface area contributed by atoms with Crippen molar-refractivity contribution in [2.24, 2.45) is 5.92 Å². The molecule has 5 heteroatoms. The summed E-state index contributed by atoms with van der Waals surface area (Å²) in [6.45, 7) is 2.24. The van der Waals surface area contributed by atoms with E-state index in [2.05, 4.69) is 4.98 Å². The van der Waals surface area contributed by atoms with Gasteiger partial charge in [0, 0.05) is 25.9 Å². The number of rotatable bonds is 5. The number of halogens is 1. The number of hydrogen-bond donors (Lipinski definition) is 1. The van der Waals surface area contributed by atoms with Crippen LogP contribution in [0.5, 0.6) is 0 Å². The number of carbonyl (C=O) groups excluding carboxylic acids is 1. The maximum Gasteiger partial charge on any atom is 0.270 e. The topological polar surface area (TPSA) is 45.3 Å². The van der Waals surface area contributed by atoms with Crippen molar-refractivity contribution < 1.29 is 13.9 Å². The summed E-state index contributed by atoms with van der Waals surface area (Å²) in [5.74, 6) is 0.484. The molecule has 4 rings (SSSR count). The Morgan fingerprint density at radius 3 is 2.75 bits per heavy atom. The lowest BCUT2D eigenvalue weighted by Gasteiger charge is -2.16. The van der Waals surface area contributed by atoms with Gasteiger partial charge in [0.15, 0.2) is 0 Å². The minimum atomic E-state index is -0.264. The molecule has 1 aliphatic heterocycles. The van der Waals surface area contributed by atoms with Crippen molar-refractivity contribution >= 4 is 5.91 Å². The molecule has 1 saturated heterocycles. The van der Waals surface area contributed by atoms with Crippen LogP contribution in [-0.2, 0) is 4.74 Å². The van der Waals surface area contributed by atoms with Crippen LogP contribution in [0.15, 0.2) is 36.5 Å². The molecule has 0 spiro atoms. The largest absolute Gasteiger partial charge is 0.376 e. The van der Waals surface area contributed by atoms with Gasteiger partial charge in [-0.25, -0.2) is 4.39 Å². The number of likely N-dealkylation sites (tertiary alicyclic amines) is 1. The van der Waals surface area contributed by atoms with Gasteiger partial charge in [-0.2, -0.15) is 0 Å². The molecule has 1 aromatic carbocycles. The molecule has 1 N–H and O–H groups in total. The summed E-state index contributed by atoms with van der Waals surface area (Å²) in [6, 6.07) is 8.10. The lowest BCUT2D eigenvalue weighted by atomic mass is 10.1. The van der Waals surface area contributed by atoms with Crippen molar-refractivity contribution in [1.82, 2.24) is 9.88 Å². The van der Waals surface area contributed by atoms with Gasteiger partial charge in [-0.15, -0.1) is 0 Å². The molecule has 1 amide bonds. The molecule has 1 saturated carbocycles. The van der Waals surface area contributed by atoms with E-state index in [9.17, 15) is 9.18 Å². The van der Waals surface area contributed by atoms with E-state index >= 15 is 0 Å². The number of nitrogens with zero attached hydrogens (tertiary/aromatic N) is 1. The second-order valence-corrected chi connectivity index (χ2v) is 6.75. The Labute approximate surface area is 140 Å². The van der Waals surface area contributed by atoms with E-state index < -0.39 is 0 Å². The zero-order chi connectivity index (χ0) is 16.5. The van der Waals surface area contributed by atoms with Gasteiger partial charge < -0.3 is 14.6 Å². The minimum absolute atomic E-state index is 0.000818. The SMILES string of the molecule is O=C(c1cc(-c2ccc(F)cc2)c[nH]1)N1CCC(OCC2CC2)C1. The van der Waals surface area contributed by atoms with E-state index in [1.165, 1.54) is 25.0 Å². The highest BCUT2D eigenvalue weighted by atomic mass is 19.1. The van der Waals surface area contributed by atoms with Crippen LogP contribution in [0.25, 0.3) is 11.1 Å². The van der Waals surface area contributed by atoms with Gasteiger partial charge in [-0.3, -0.25) is 4.79 Å². The Morgan fingerprint density at radius 1 is 1.21 bits per heavy atom. The first-order valence-corrected chi connectivity index (χ1v) is 8.54. The smallest absolute Gasteiger partial charge is 0.270 e. The lowest BCUT2D eigenvalue weighted by Crippen LogP contribution is -2.30. The van der Waals surface area contributed by atoms with Crippen LogP contribution in [0.4, 0.5) is 4.39 Å². The number of aromatic nitrogens is 1. The molecule has 1 aromatic heterocycles. The summed E-state index contributed by atoms with van der Waals surface area (Å²) in [7, 11) is 0. The Bertz CT molecular complexity index is 721. The maximum atomic E-state index is 13.0. The van der Waals surface area contributed by atoms with Crippen LogP contribution in [0.3, 0.4) is 0 Å². The fourth-order valence-corrected chi connectivity index (χ4v) is 3.10. The van der Waals surface area contributed by atoms with Gasteiger partial charge in [-0.1, -0.05) is 12.1 Å². The Hall–Kier alpha value is -2.14. The molecule has 0 radical (unpaired) electrons. The normalized spacial score (nSPS) is 20.5. The van der Waals surface area contributed by atoms with E-state index in [1.807, 2.05) is 11.0 Å². The highest BCUT2D eigenvalue weighted by Gasteiger charge is 2.30. The molecule has 1 unspecified atom stereocenters. The average Bonchev–Trinajstić information content (AvgIpc) is 3.11. The molecule has 2 aliphatic rings. The molecular weight excluding hydrogens is 307 g/mol. The summed E-state index contributed by atoms with van der Waals surface area (Å²) >= 11 is 0. The number of aromatic amines is 1. The van der Waals surface area contributed by atoms with Gasteiger partial charge in [0.1, 0.15) is 11.5 Å². The predicted molar refractivity (Wildman–Crippen MR) is 89.2 cm³/mol. The van der Waals surface area contributed by atoms with Crippen molar-refractivity contribution in [2.45, 2.75) is 25.4 Å². The first kappa shape index (κ1) is 15.4. The number of H-pyrrole nitrogens is 1. The third-order valence-electron chi connectivity index (χ3n) is 4.79. The van der Waals surface area contributed by atoms with Crippen molar-refractivity contribution in [2.75, 3.05) is 19.7 Å². The molecule has 1 atom stereocenters. The quantitative estimate of drug-likeness (QED) is 0.913. The molecule has 2 fully saturated rings. The fourth-order valence-electron chi connectivity index (χ4n) is 3.10. The number of nitrogens with one attached hydrogen (secondary N) is 1. The Kier molecular flexibility index (Phi) is 4.10. The molecule has 126 valence electrons. The van der Waals surface area contributed by atoms with Crippen LogP contribution in [0, 0.1) is 11.7 Å². The summed E-state index contributed by atoms with van der Waals surface area (Å²) in [4.78, 5) is 17.5. The van der Waals surface area contributed by atoms with Crippen LogP contribution in [-0.4, -0.2) is 41.6 Å². The van der Waals surface area contributed by atoms with Gasteiger partial charge in [0.25, 0.3) is 5.91 Å². The van der Waals surface area contributed by atoms with Gasteiger partial charge >= 0.3 is 0 Å². The summed E-state index contributed by atoms with van der Waals surface area (Å²) in [5, 5.41) is 0. The van der Waals surface area contributed by atoms with E-state index in [4.69, 9.17) is 4.74 Å². The Morgan fingerprint density at radius 2 is 2.00 bits per heavy atom. The zero-order valence-corrected chi connectivity index (χ0v) is 13.5. The summed E-state index contributed by atoms with van der Waals surface area (Å²) in [6.07, 6.45) is 5.43. The lowest BCUT2D eigenvalue weighted by molar-refractivity contribution is 0.0479. The number of amides is 1. The van der Waals surface area contributed by atoms with Crippen molar-refractivity contribution in [3.05, 3.63) is 48.0 Å². The molecule has 2 aromatic rings. The second-order valence-electron chi connectivity index (χ2n) is 6.75. The molecule has 2 heterocycles.